The van der Waals surface area contributed by atoms with Crippen LogP contribution in [0, 0.1) is 29.6 Å². The monoisotopic (exact) mass is 392 g/mol. The predicted octanol–water partition coefficient (Wildman–Crippen LogP) is 7.92. The summed E-state index contributed by atoms with van der Waals surface area (Å²) in [5, 5.41) is 0. The van der Waals surface area contributed by atoms with E-state index >= 15 is 0 Å². The summed E-state index contributed by atoms with van der Waals surface area (Å²) >= 11 is 0. The highest BCUT2D eigenvalue weighted by Crippen LogP contribution is 2.36. The summed E-state index contributed by atoms with van der Waals surface area (Å²) in [7, 11) is 0. The van der Waals surface area contributed by atoms with Gasteiger partial charge in [0.1, 0.15) is 5.75 Å². The van der Waals surface area contributed by atoms with E-state index in [-0.39, 0.29) is 0 Å². The van der Waals surface area contributed by atoms with Crippen LogP contribution in [-0.2, 0) is 0 Å². The summed E-state index contributed by atoms with van der Waals surface area (Å²) in [6.07, 6.45) is 19.0. The second-order valence-corrected chi connectivity index (χ2v) is 9.18. The van der Waals surface area contributed by atoms with E-state index in [1.54, 1.807) is 0 Å². The van der Waals surface area contributed by atoms with Gasteiger partial charge in [-0.15, -0.1) is 0 Å². The van der Waals surface area contributed by atoms with Crippen LogP contribution in [0.15, 0.2) is 36.4 Å². The van der Waals surface area contributed by atoms with Gasteiger partial charge in [-0.05, 0) is 99.3 Å². The third-order valence-electron chi connectivity index (χ3n) is 6.88. The summed E-state index contributed by atoms with van der Waals surface area (Å²) in [6.45, 7) is 5.26. The molecule has 0 spiro atoms. The molecule has 0 unspecified atom stereocenters. The highest BCUT2D eigenvalue weighted by Gasteiger charge is 2.21. The highest BCUT2D eigenvalue weighted by molar-refractivity contribution is 5.30. The Kier molecular flexibility index (Phi) is 9.20. The fourth-order valence-corrected chi connectivity index (χ4v) is 5.05. The Morgan fingerprint density at radius 3 is 2.28 bits per heavy atom. The number of benzene rings is 1. The van der Waals surface area contributed by atoms with Gasteiger partial charge in [0.05, 0.1) is 6.61 Å². The molecule has 2 aliphatic rings. The standard InChI is InChI=1S/C28H40O/c1-3-7-23-10-12-24(13-11-23)8-5-6-9-25-14-16-26(17-15-25)27-18-20-28(21-19-27)29-22-4-2/h5,8,18-21,23-26H,3-4,7,10-17,22H2,1-2H3/b8-5+/t23-,24-,25-,26-. The molecule has 0 aliphatic heterocycles. The maximum absolute atomic E-state index is 5.70. The molecule has 3 rings (SSSR count). The van der Waals surface area contributed by atoms with E-state index in [4.69, 9.17) is 4.74 Å². The van der Waals surface area contributed by atoms with Gasteiger partial charge in [-0.3, -0.25) is 0 Å². The summed E-state index contributed by atoms with van der Waals surface area (Å²) in [5.74, 6) is 11.0. The number of hydrogen-bond acceptors (Lipinski definition) is 1. The van der Waals surface area contributed by atoms with Crippen molar-refractivity contribution >= 4 is 0 Å². The smallest absolute Gasteiger partial charge is 0.119 e. The van der Waals surface area contributed by atoms with Crippen molar-refractivity contribution in [1.29, 1.82) is 0 Å². The summed E-state index contributed by atoms with van der Waals surface area (Å²) < 4.78 is 5.70. The highest BCUT2D eigenvalue weighted by atomic mass is 16.5. The van der Waals surface area contributed by atoms with E-state index in [1.165, 1.54) is 69.8 Å². The van der Waals surface area contributed by atoms with Crippen molar-refractivity contribution in [2.75, 3.05) is 6.61 Å². The Morgan fingerprint density at radius 1 is 0.897 bits per heavy atom. The third-order valence-corrected chi connectivity index (χ3v) is 6.88. The number of allylic oxidation sites excluding steroid dienone is 2. The van der Waals surface area contributed by atoms with Gasteiger partial charge in [-0.1, -0.05) is 56.7 Å². The van der Waals surface area contributed by atoms with Gasteiger partial charge in [0, 0.05) is 5.92 Å². The molecule has 2 fully saturated rings. The number of rotatable bonds is 7. The minimum atomic E-state index is 0.586. The minimum Gasteiger partial charge on any atom is -0.494 e. The van der Waals surface area contributed by atoms with Crippen LogP contribution in [0.1, 0.15) is 96.0 Å². The predicted molar refractivity (Wildman–Crippen MR) is 124 cm³/mol. The zero-order valence-corrected chi connectivity index (χ0v) is 18.7. The van der Waals surface area contributed by atoms with Crippen molar-refractivity contribution in [3.63, 3.8) is 0 Å². The Hall–Kier alpha value is -1.68. The largest absolute Gasteiger partial charge is 0.494 e. The van der Waals surface area contributed by atoms with Gasteiger partial charge in [-0.25, -0.2) is 0 Å². The second kappa shape index (κ2) is 12.1. The van der Waals surface area contributed by atoms with Crippen LogP contribution in [0.5, 0.6) is 5.75 Å². The lowest BCUT2D eigenvalue weighted by Crippen LogP contribution is -2.12. The molecule has 1 aromatic carbocycles. The van der Waals surface area contributed by atoms with Gasteiger partial charge >= 0.3 is 0 Å². The van der Waals surface area contributed by atoms with Gasteiger partial charge in [0.15, 0.2) is 0 Å². The zero-order valence-electron chi connectivity index (χ0n) is 18.7. The van der Waals surface area contributed by atoms with E-state index in [9.17, 15) is 0 Å². The molecule has 1 heteroatoms. The first kappa shape index (κ1) is 22.0. The molecule has 0 atom stereocenters. The van der Waals surface area contributed by atoms with Crippen molar-refractivity contribution in [1.82, 2.24) is 0 Å². The average molecular weight is 393 g/mol. The maximum atomic E-state index is 5.70. The molecule has 0 heterocycles. The van der Waals surface area contributed by atoms with E-state index in [0.29, 0.717) is 11.8 Å². The van der Waals surface area contributed by atoms with E-state index < -0.39 is 0 Å². The molecule has 1 aromatic rings. The molecular weight excluding hydrogens is 352 g/mol. The molecule has 0 saturated heterocycles. The zero-order chi connectivity index (χ0) is 20.3. The fourth-order valence-electron chi connectivity index (χ4n) is 5.05. The van der Waals surface area contributed by atoms with Crippen LogP contribution < -0.4 is 4.74 Å². The van der Waals surface area contributed by atoms with Crippen LogP contribution in [-0.4, -0.2) is 6.61 Å². The van der Waals surface area contributed by atoms with Gasteiger partial charge in [0.2, 0.25) is 0 Å². The molecule has 158 valence electrons. The first-order valence-electron chi connectivity index (χ1n) is 12.2. The lowest BCUT2D eigenvalue weighted by molar-refractivity contribution is 0.294. The normalized spacial score (nSPS) is 27.4. The van der Waals surface area contributed by atoms with Crippen molar-refractivity contribution < 1.29 is 4.74 Å². The quantitative estimate of drug-likeness (QED) is 0.428. The molecule has 0 radical (unpaired) electrons. The Bertz CT molecular complexity index is 659. The van der Waals surface area contributed by atoms with Crippen molar-refractivity contribution in [2.24, 2.45) is 17.8 Å². The second-order valence-electron chi connectivity index (χ2n) is 9.18. The van der Waals surface area contributed by atoms with Crippen molar-refractivity contribution in [3.8, 4) is 17.6 Å². The first-order chi connectivity index (χ1) is 14.3. The molecule has 0 N–H and O–H groups in total. The van der Waals surface area contributed by atoms with Crippen LogP contribution >= 0.6 is 0 Å². The summed E-state index contributed by atoms with van der Waals surface area (Å²) in [4.78, 5) is 0. The van der Waals surface area contributed by atoms with Crippen LogP contribution in [0.2, 0.25) is 0 Å². The number of ether oxygens (including phenoxy) is 1. The van der Waals surface area contributed by atoms with Gasteiger partial charge in [-0.2, -0.15) is 0 Å². The first-order valence-corrected chi connectivity index (χ1v) is 12.2. The summed E-state index contributed by atoms with van der Waals surface area (Å²) in [6, 6.07) is 8.80. The Balaban J connectivity index is 1.38. The molecule has 2 aliphatic carbocycles. The minimum absolute atomic E-state index is 0.586. The fraction of sp³-hybridized carbons (Fsp3) is 0.643. The molecule has 1 nitrogen and oxygen atoms in total. The van der Waals surface area contributed by atoms with E-state index in [2.05, 4.69) is 62.1 Å². The van der Waals surface area contributed by atoms with Gasteiger partial charge in [0.25, 0.3) is 0 Å². The molecule has 2 saturated carbocycles. The van der Waals surface area contributed by atoms with Gasteiger partial charge < -0.3 is 4.74 Å². The lowest BCUT2D eigenvalue weighted by atomic mass is 9.79. The van der Waals surface area contributed by atoms with Crippen LogP contribution in [0.4, 0.5) is 0 Å². The maximum Gasteiger partial charge on any atom is 0.119 e. The molecule has 0 amide bonds. The molecule has 0 bridgehead atoms. The lowest BCUT2D eigenvalue weighted by Gasteiger charge is -2.26. The van der Waals surface area contributed by atoms with E-state index in [0.717, 1.165) is 30.6 Å². The van der Waals surface area contributed by atoms with Crippen molar-refractivity contribution in [2.45, 2.75) is 90.4 Å². The number of hydrogen-bond donors (Lipinski definition) is 0. The summed E-state index contributed by atoms with van der Waals surface area (Å²) in [5.41, 5.74) is 1.47. The molecular formula is C28H40O. The van der Waals surface area contributed by atoms with Crippen molar-refractivity contribution in [3.05, 3.63) is 42.0 Å². The van der Waals surface area contributed by atoms with Crippen LogP contribution in [0.25, 0.3) is 0 Å². The van der Waals surface area contributed by atoms with Crippen LogP contribution in [0.3, 0.4) is 0 Å². The third kappa shape index (κ3) is 7.26. The van der Waals surface area contributed by atoms with E-state index in [1.807, 2.05) is 0 Å². The average Bonchev–Trinajstić information content (AvgIpc) is 2.77. The Labute approximate surface area is 179 Å². The molecule has 29 heavy (non-hydrogen) atoms. The topological polar surface area (TPSA) is 9.23 Å². The Morgan fingerprint density at radius 2 is 1.62 bits per heavy atom. The molecule has 0 aromatic heterocycles. The SMILES string of the molecule is CCCOc1ccc([C@H]2CC[C@H](C#C/C=C/[C@H]3CC[C@H](CCC)CC3)CC2)cc1.